The summed E-state index contributed by atoms with van der Waals surface area (Å²) in [6.07, 6.45) is 4.58. The van der Waals surface area contributed by atoms with E-state index in [1.165, 1.54) is 0 Å². The van der Waals surface area contributed by atoms with E-state index in [0.29, 0.717) is 23.8 Å². The van der Waals surface area contributed by atoms with Gasteiger partial charge in [-0.1, -0.05) is 6.92 Å². The number of pyridine rings is 1. The van der Waals surface area contributed by atoms with E-state index >= 15 is 0 Å². The number of aryl methyl sites for hydroxylation is 1. The summed E-state index contributed by atoms with van der Waals surface area (Å²) in [5.41, 5.74) is 2.46. The molecule has 0 saturated carbocycles. The molecular weight excluding hydrogens is 368 g/mol. The zero-order valence-corrected chi connectivity index (χ0v) is 16.2. The molecule has 0 saturated heterocycles. The molecule has 0 unspecified atom stereocenters. The van der Waals surface area contributed by atoms with Crippen LogP contribution in [0.3, 0.4) is 0 Å². The van der Waals surface area contributed by atoms with Gasteiger partial charge in [-0.15, -0.1) is 5.10 Å². The van der Waals surface area contributed by atoms with Gasteiger partial charge in [0, 0.05) is 41.8 Å². The summed E-state index contributed by atoms with van der Waals surface area (Å²) in [6.45, 7) is 3.84. The first-order valence-electron chi connectivity index (χ1n) is 9.35. The molecule has 3 aromatic heterocycles. The lowest BCUT2D eigenvalue weighted by Crippen LogP contribution is -2.07. The largest absolute Gasteiger partial charge is 0.427 e. The second kappa shape index (κ2) is 8.05. The fraction of sp³-hybridized carbons (Fsp3) is 0.190. The van der Waals surface area contributed by atoms with Crippen molar-refractivity contribution in [3.05, 3.63) is 60.6 Å². The first-order chi connectivity index (χ1) is 14.1. The molecule has 0 atom stereocenters. The fourth-order valence-electron chi connectivity index (χ4n) is 2.83. The Labute approximate surface area is 167 Å². The summed E-state index contributed by atoms with van der Waals surface area (Å²) >= 11 is 0. The Morgan fingerprint density at radius 1 is 1.17 bits per heavy atom. The molecule has 0 amide bonds. The lowest BCUT2D eigenvalue weighted by atomic mass is 10.3. The summed E-state index contributed by atoms with van der Waals surface area (Å²) in [5.74, 6) is 2.06. The highest BCUT2D eigenvalue weighted by Gasteiger charge is 2.12. The minimum atomic E-state index is -0.231. The second-order valence-electron chi connectivity index (χ2n) is 6.55. The Bertz CT molecular complexity index is 1140. The zero-order chi connectivity index (χ0) is 20.2. The Morgan fingerprint density at radius 2 is 2.00 bits per heavy atom. The lowest BCUT2D eigenvalue weighted by molar-refractivity contribution is -0.134. The predicted molar refractivity (Wildman–Crippen MR) is 109 cm³/mol. The number of fused-ring (bicyclic) bond motifs is 1. The van der Waals surface area contributed by atoms with Gasteiger partial charge in [0.05, 0.1) is 0 Å². The van der Waals surface area contributed by atoms with E-state index in [1.54, 1.807) is 29.0 Å². The number of carbonyl (C=O) groups excluding carboxylic acids is 1. The molecule has 3 heterocycles. The Hall–Kier alpha value is -3.81. The van der Waals surface area contributed by atoms with Crippen LogP contribution in [0.1, 0.15) is 25.5 Å². The normalized spacial score (nSPS) is 10.8. The van der Waals surface area contributed by atoms with E-state index < -0.39 is 0 Å². The number of anilines is 2. The first-order valence-corrected chi connectivity index (χ1v) is 9.35. The van der Waals surface area contributed by atoms with Gasteiger partial charge in [-0.05, 0) is 49.7 Å². The van der Waals surface area contributed by atoms with Crippen LogP contribution in [-0.2, 0) is 4.79 Å². The average molecular weight is 388 g/mol. The monoisotopic (exact) mass is 388 g/mol. The Kier molecular flexibility index (Phi) is 5.15. The highest BCUT2D eigenvalue weighted by Crippen LogP contribution is 2.23. The predicted octanol–water partition coefficient (Wildman–Crippen LogP) is 3.94. The van der Waals surface area contributed by atoms with Crippen molar-refractivity contribution < 1.29 is 9.53 Å². The number of hydrogen-bond acceptors (Lipinski definition) is 7. The van der Waals surface area contributed by atoms with Crippen LogP contribution >= 0.6 is 0 Å². The summed E-state index contributed by atoms with van der Waals surface area (Å²) in [5, 5.41) is 7.89. The smallest absolute Gasteiger partial charge is 0.311 e. The van der Waals surface area contributed by atoms with Crippen molar-refractivity contribution in [2.75, 3.05) is 5.32 Å². The van der Waals surface area contributed by atoms with E-state index in [9.17, 15) is 4.79 Å². The van der Waals surface area contributed by atoms with Crippen LogP contribution in [-0.4, -0.2) is 30.5 Å². The molecule has 0 aliphatic heterocycles. The number of rotatable bonds is 6. The van der Waals surface area contributed by atoms with Gasteiger partial charge < -0.3 is 10.1 Å². The highest BCUT2D eigenvalue weighted by atomic mass is 16.5. The third-order valence-electron chi connectivity index (χ3n) is 4.17. The molecule has 0 bridgehead atoms. The van der Waals surface area contributed by atoms with E-state index in [1.807, 2.05) is 44.2 Å². The van der Waals surface area contributed by atoms with Gasteiger partial charge in [-0.2, -0.15) is 9.50 Å². The number of nitrogens with one attached hydrogen (secondary N) is 1. The SMILES string of the molecule is CCCC(=O)Oc1ccc(Nc2cc(C)nc3nc(-c4cccnc4)nn23)cc1. The van der Waals surface area contributed by atoms with Crippen LogP contribution in [0.15, 0.2) is 54.9 Å². The third kappa shape index (κ3) is 4.21. The van der Waals surface area contributed by atoms with Crippen molar-refractivity contribution in [1.29, 1.82) is 0 Å². The molecule has 1 N–H and O–H groups in total. The Morgan fingerprint density at radius 3 is 2.72 bits per heavy atom. The zero-order valence-electron chi connectivity index (χ0n) is 16.2. The molecule has 8 nitrogen and oxygen atoms in total. The standard InChI is InChI=1S/C21H20N6O2/c1-3-5-19(28)29-17-9-7-16(8-10-17)24-18-12-14(2)23-21-25-20(26-27(18)21)15-6-4-11-22-13-15/h4,6-13,24H,3,5H2,1-2H3. The van der Waals surface area contributed by atoms with E-state index in [-0.39, 0.29) is 5.97 Å². The molecule has 146 valence electrons. The summed E-state index contributed by atoms with van der Waals surface area (Å²) in [7, 11) is 0. The summed E-state index contributed by atoms with van der Waals surface area (Å²) in [4.78, 5) is 24.7. The van der Waals surface area contributed by atoms with E-state index in [4.69, 9.17) is 4.74 Å². The van der Waals surface area contributed by atoms with Crippen molar-refractivity contribution in [3.63, 3.8) is 0 Å². The topological polar surface area (TPSA) is 94.3 Å². The van der Waals surface area contributed by atoms with Gasteiger partial charge in [0.15, 0.2) is 5.82 Å². The number of nitrogens with zero attached hydrogens (tertiary/aromatic N) is 5. The fourth-order valence-corrected chi connectivity index (χ4v) is 2.83. The van der Waals surface area contributed by atoms with Crippen molar-refractivity contribution in [2.24, 2.45) is 0 Å². The molecule has 1 aromatic carbocycles. The number of ether oxygens (including phenoxy) is 1. The molecular formula is C21H20N6O2. The molecule has 4 aromatic rings. The number of aromatic nitrogens is 5. The number of esters is 1. The molecule has 4 rings (SSSR count). The molecule has 0 aliphatic rings. The van der Waals surface area contributed by atoms with Crippen LogP contribution in [0.2, 0.25) is 0 Å². The highest BCUT2D eigenvalue weighted by molar-refractivity contribution is 5.72. The molecule has 0 aliphatic carbocycles. The van der Waals surface area contributed by atoms with Crippen molar-refractivity contribution >= 4 is 23.3 Å². The van der Waals surface area contributed by atoms with Crippen molar-refractivity contribution in [3.8, 4) is 17.1 Å². The Balaban J connectivity index is 1.60. The van der Waals surface area contributed by atoms with Crippen LogP contribution in [0.5, 0.6) is 5.75 Å². The maximum absolute atomic E-state index is 11.6. The minimum absolute atomic E-state index is 0.231. The quantitative estimate of drug-likeness (QED) is 0.395. The van der Waals surface area contributed by atoms with E-state index in [2.05, 4.69) is 25.4 Å². The molecule has 0 spiro atoms. The maximum atomic E-state index is 11.6. The van der Waals surface area contributed by atoms with Crippen molar-refractivity contribution in [1.82, 2.24) is 24.6 Å². The average Bonchev–Trinajstić information content (AvgIpc) is 3.14. The summed E-state index contributed by atoms with van der Waals surface area (Å²) in [6, 6.07) is 12.8. The molecule has 0 radical (unpaired) electrons. The second-order valence-corrected chi connectivity index (χ2v) is 6.55. The van der Waals surface area contributed by atoms with Gasteiger partial charge in [0.25, 0.3) is 5.78 Å². The van der Waals surface area contributed by atoms with Crippen LogP contribution in [0, 0.1) is 6.92 Å². The lowest BCUT2D eigenvalue weighted by Gasteiger charge is -2.09. The van der Waals surface area contributed by atoms with Crippen LogP contribution in [0.25, 0.3) is 17.2 Å². The third-order valence-corrected chi connectivity index (χ3v) is 4.17. The van der Waals surface area contributed by atoms with Gasteiger partial charge in [-0.25, -0.2) is 4.98 Å². The van der Waals surface area contributed by atoms with Crippen molar-refractivity contribution in [2.45, 2.75) is 26.7 Å². The van der Waals surface area contributed by atoms with Gasteiger partial charge in [-0.3, -0.25) is 9.78 Å². The van der Waals surface area contributed by atoms with E-state index in [0.717, 1.165) is 29.2 Å². The number of benzene rings is 1. The number of hydrogen-bond donors (Lipinski definition) is 1. The van der Waals surface area contributed by atoms with Gasteiger partial charge >= 0.3 is 5.97 Å². The maximum Gasteiger partial charge on any atom is 0.311 e. The van der Waals surface area contributed by atoms with Gasteiger partial charge in [0.1, 0.15) is 11.6 Å². The van der Waals surface area contributed by atoms with Crippen LogP contribution < -0.4 is 10.1 Å². The molecule has 8 heteroatoms. The number of carbonyl (C=O) groups is 1. The van der Waals surface area contributed by atoms with Gasteiger partial charge in [0.2, 0.25) is 0 Å². The van der Waals surface area contributed by atoms with Crippen LogP contribution in [0.4, 0.5) is 11.5 Å². The summed E-state index contributed by atoms with van der Waals surface area (Å²) < 4.78 is 6.95. The first kappa shape index (κ1) is 18.5. The molecule has 0 fully saturated rings. The minimum Gasteiger partial charge on any atom is -0.427 e. The molecule has 29 heavy (non-hydrogen) atoms.